The lowest BCUT2D eigenvalue weighted by molar-refractivity contribution is 0.190. The average Bonchev–Trinajstić information content (AvgIpc) is 2.36. The summed E-state index contributed by atoms with van der Waals surface area (Å²) in [6.45, 7) is 3.30. The average molecular weight is 276 g/mol. The first-order valence-corrected chi connectivity index (χ1v) is 7.88. The van der Waals surface area contributed by atoms with E-state index in [1.165, 1.54) is 25.3 Å². The van der Waals surface area contributed by atoms with Gasteiger partial charge < -0.3 is 10.2 Å². The second kappa shape index (κ2) is 6.23. The van der Waals surface area contributed by atoms with Crippen LogP contribution in [0.15, 0.2) is 24.3 Å². The molecule has 0 amide bonds. The Morgan fingerprint density at radius 1 is 1.30 bits per heavy atom. The highest BCUT2D eigenvalue weighted by molar-refractivity contribution is 5.22. The number of halogens is 1. The Morgan fingerprint density at radius 3 is 2.85 bits per heavy atom. The third-order valence-corrected chi connectivity index (χ3v) is 4.87. The fourth-order valence-electron chi connectivity index (χ4n) is 3.50. The van der Waals surface area contributed by atoms with Gasteiger partial charge in [0.25, 0.3) is 0 Å². The fraction of sp³-hybridized carbons (Fsp3) is 0.647. The predicted octanol–water partition coefficient (Wildman–Crippen LogP) is 3.00. The number of hydrogen-bond acceptors (Lipinski definition) is 2. The first-order valence-electron chi connectivity index (χ1n) is 7.88. The van der Waals surface area contributed by atoms with Gasteiger partial charge in [0.05, 0.1) is 0 Å². The van der Waals surface area contributed by atoms with Crippen LogP contribution in [-0.4, -0.2) is 37.6 Å². The lowest BCUT2D eigenvalue weighted by Crippen LogP contribution is -2.48. The van der Waals surface area contributed by atoms with Gasteiger partial charge in [-0.05, 0) is 62.4 Å². The number of hydrogen-bond donors (Lipinski definition) is 1. The van der Waals surface area contributed by atoms with Gasteiger partial charge in [-0.25, -0.2) is 4.39 Å². The molecule has 1 aromatic rings. The second-order valence-corrected chi connectivity index (χ2v) is 6.61. The molecule has 2 fully saturated rings. The van der Waals surface area contributed by atoms with Crippen LogP contribution in [0.4, 0.5) is 4.39 Å². The van der Waals surface area contributed by atoms with Gasteiger partial charge in [0.1, 0.15) is 5.82 Å². The molecule has 0 bridgehead atoms. The van der Waals surface area contributed by atoms with Crippen LogP contribution in [-0.2, 0) is 0 Å². The second-order valence-electron chi connectivity index (χ2n) is 6.61. The number of benzene rings is 1. The standard InChI is InChI=1S/C17H25FN2/c1-20-11-15(14-6-3-7-16(18)8-14)9-17(12-20)19-10-13-4-2-5-13/h3,6-8,13,15,17,19H,2,4-5,9-12H2,1H3. The zero-order valence-corrected chi connectivity index (χ0v) is 12.3. The molecule has 0 aromatic heterocycles. The van der Waals surface area contributed by atoms with Gasteiger partial charge in [-0.3, -0.25) is 0 Å². The van der Waals surface area contributed by atoms with Crippen molar-refractivity contribution in [3.05, 3.63) is 35.6 Å². The molecule has 0 radical (unpaired) electrons. The minimum atomic E-state index is -0.116. The molecule has 20 heavy (non-hydrogen) atoms. The van der Waals surface area contributed by atoms with E-state index in [9.17, 15) is 4.39 Å². The lowest BCUT2D eigenvalue weighted by atomic mass is 9.84. The Hall–Kier alpha value is -0.930. The zero-order valence-electron chi connectivity index (χ0n) is 12.3. The SMILES string of the molecule is CN1CC(NCC2CCC2)CC(c2cccc(F)c2)C1. The highest BCUT2D eigenvalue weighted by Gasteiger charge is 2.27. The van der Waals surface area contributed by atoms with Gasteiger partial charge >= 0.3 is 0 Å². The van der Waals surface area contributed by atoms with Crippen molar-refractivity contribution in [2.24, 2.45) is 5.92 Å². The maximum absolute atomic E-state index is 13.4. The highest BCUT2D eigenvalue weighted by Crippen LogP contribution is 2.29. The molecule has 1 aromatic carbocycles. The summed E-state index contributed by atoms with van der Waals surface area (Å²) in [7, 11) is 2.17. The minimum Gasteiger partial charge on any atom is -0.312 e. The number of rotatable bonds is 4. The van der Waals surface area contributed by atoms with Gasteiger partial charge in [0.2, 0.25) is 0 Å². The number of likely N-dealkylation sites (tertiary alicyclic amines) is 1. The van der Waals surface area contributed by atoms with E-state index in [0.717, 1.165) is 37.5 Å². The largest absolute Gasteiger partial charge is 0.312 e. The minimum absolute atomic E-state index is 0.116. The van der Waals surface area contributed by atoms with E-state index < -0.39 is 0 Å². The summed E-state index contributed by atoms with van der Waals surface area (Å²) < 4.78 is 13.4. The molecule has 1 aliphatic carbocycles. The monoisotopic (exact) mass is 276 g/mol. The molecule has 1 saturated carbocycles. The van der Waals surface area contributed by atoms with Crippen molar-refractivity contribution in [2.45, 2.75) is 37.6 Å². The molecule has 2 aliphatic rings. The van der Waals surface area contributed by atoms with Gasteiger partial charge in [0.15, 0.2) is 0 Å². The summed E-state index contributed by atoms with van der Waals surface area (Å²) >= 11 is 0. The van der Waals surface area contributed by atoms with Crippen LogP contribution < -0.4 is 5.32 Å². The number of nitrogens with zero attached hydrogens (tertiary/aromatic N) is 1. The maximum atomic E-state index is 13.4. The topological polar surface area (TPSA) is 15.3 Å². The van der Waals surface area contributed by atoms with Crippen LogP contribution in [0, 0.1) is 11.7 Å². The Kier molecular flexibility index (Phi) is 4.37. The van der Waals surface area contributed by atoms with Gasteiger partial charge in [-0.2, -0.15) is 0 Å². The molecule has 2 nitrogen and oxygen atoms in total. The predicted molar refractivity (Wildman–Crippen MR) is 80.4 cm³/mol. The van der Waals surface area contributed by atoms with E-state index in [0.29, 0.717) is 12.0 Å². The number of nitrogens with one attached hydrogen (secondary N) is 1. The van der Waals surface area contributed by atoms with E-state index in [4.69, 9.17) is 0 Å². The quantitative estimate of drug-likeness (QED) is 0.909. The van der Waals surface area contributed by atoms with Gasteiger partial charge in [0, 0.05) is 19.1 Å². The van der Waals surface area contributed by atoms with Crippen LogP contribution >= 0.6 is 0 Å². The van der Waals surface area contributed by atoms with Crippen LogP contribution in [0.1, 0.15) is 37.2 Å². The summed E-state index contributed by atoms with van der Waals surface area (Å²) in [6.07, 6.45) is 5.31. The normalized spacial score (nSPS) is 28.3. The van der Waals surface area contributed by atoms with Crippen molar-refractivity contribution in [2.75, 3.05) is 26.7 Å². The molecule has 1 N–H and O–H groups in total. The van der Waals surface area contributed by atoms with Crippen molar-refractivity contribution < 1.29 is 4.39 Å². The summed E-state index contributed by atoms with van der Waals surface area (Å²) in [5.74, 6) is 1.23. The maximum Gasteiger partial charge on any atom is 0.123 e. The molecule has 1 saturated heterocycles. The van der Waals surface area contributed by atoms with E-state index in [2.05, 4.69) is 23.3 Å². The van der Waals surface area contributed by atoms with Crippen molar-refractivity contribution in [3.8, 4) is 0 Å². The van der Waals surface area contributed by atoms with Crippen LogP contribution in [0.25, 0.3) is 0 Å². The molecular weight excluding hydrogens is 251 g/mol. The lowest BCUT2D eigenvalue weighted by Gasteiger charge is -2.38. The summed E-state index contributed by atoms with van der Waals surface area (Å²) in [4.78, 5) is 2.37. The van der Waals surface area contributed by atoms with Crippen molar-refractivity contribution in [1.29, 1.82) is 0 Å². The summed E-state index contributed by atoms with van der Waals surface area (Å²) in [5, 5.41) is 3.73. The van der Waals surface area contributed by atoms with E-state index >= 15 is 0 Å². The Balaban J connectivity index is 1.60. The highest BCUT2D eigenvalue weighted by atomic mass is 19.1. The van der Waals surface area contributed by atoms with Gasteiger partial charge in [-0.1, -0.05) is 18.6 Å². The van der Waals surface area contributed by atoms with Crippen molar-refractivity contribution in [3.63, 3.8) is 0 Å². The molecule has 2 unspecified atom stereocenters. The van der Waals surface area contributed by atoms with Crippen LogP contribution in [0.3, 0.4) is 0 Å². The third-order valence-electron chi connectivity index (χ3n) is 4.87. The Bertz CT molecular complexity index is 444. The van der Waals surface area contributed by atoms with Crippen molar-refractivity contribution in [1.82, 2.24) is 10.2 Å². The summed E-state index contributed by atoms with van der Waals surface area (Å²) in [6, 6.07) is 7.67. The first kappa shape index (κ1) is 14.0. The third kappa shape index (κ3) is 3.39. The van der Waals surface area contributed by atoms with E-state index in [1.54, 1.807) is 6.07 Å². The molecule has 1 heterocycles. The number of likely N-dealkylation sites (N-methyl/N-ethyl adjacent to an activating group) is 1. The molecule has 3 heteroatoms. The smallest absolute Gasteiger partial charge is 0.123 e. The Labute approximate surface area is 121 Å². The Morgan fingerprint density at radius 2 is 2.15 bits per heavy atom. The molecule has 110 valence electrons. The molecular formula is C17H25FN2. The van der Waals surface area contributed by atoms with Crippen LogP contribution in [0.5, 0.6) is 0 Å². The first-order chi connectivity index (χ1) is 9.70. The molecule has 1 aliphatic heterocycles. The summed E-state index contributed by atoms with van der Waals surface area (Å²) in [5.41, 5.74) is 1.15. The fourth-order valence-corrected chi connectivity index (χ4v) is 3.50. The van der Waals surface area contributed by atoms with E-state index in [1.807, 2.05) is 6.07 Å². The number of piperidine rings is 1. The molecule has 2 atom stereocenters. The zero-order chi connectivity index (χ0) is 13.9. The molecule has 0 spiro atoms. The molecule has 3 rings (SSSR count). The van der Waals surface area contributed by atoms with Crippen LogP contribution in [0.2, 0.25) is 0 Å². The van der Waals surface area contributed by atoms with E-state index in [-0.39, 0.29) is 5.82 Å². The van der Waals surface area contributed by atoms with Gasteiger partial charge in [-0.15, -0.1) is 0 Å². The van der Waals surface area contributed by atoms with Crippen molar-refractivity contribution >= 4 is 0 Å².